The maximum atomic E-state index is 4.40. The summed E-state index contributed by atoms with van der Waals surface area (Å²) in [5.41, 5.74) is 3.79. The minimum atomic E-state index is 0. The molecule has 0 saturated heterocycles. The molecule has 0 fully saturated rings. The van der Waals surface area contributed by atoms with Crippen LogP contribution in [0.2, 0.25) is 0 Å². The topological polar surface area (TPSA) is 35.8 Å². The molecule has 1 N–H and O–H groups in total. The number of aromatic nitrogens is 1. The molecule has 140 valence electrons. The molecular weight excluding hydrogens is 437 g/mol. The number of hydrogen-bond acceptors (Lipinski definition) is 2. The van der Waals surface area contributed by atoms with Crippen LogP contribution in [0.4, 0.5) is 5.69 Å². The van der Waals surface area contributed by atoms with E-state index in [1.807, 2.05) is 7.05 Å². The van der Waals surface area contributed by atoms with E-state index in [2.05, 4.69) is 93.5 Å². The zero-order chi connectivity index (χ0) is 17.6. The fourth-order valence-electron chi connectivity index (χ4n) is 3.06. The molecule has 0 radical (unpaired) electrons. The van der Waals surface area contributed by atoms with Crippen LogP contribution in [0.3, 0.4) is 0 Å². The van der Waals surface area contributed by atoms with Gasteiger partial charge in [-0.15, -0.1) is 24.0 Å². The Balaban J connectivity index is 0.00000243. The fourth-order valence-corrected chi connectivity index (χ4v) is 3.06. The number of anilines is 1. The van der Waals surface area contributed by atoms with Crippen molar-refractivity contribution < 1.29 is 0 Å². The molecule has 0 bridgehead atoms. The minimum Gasteiger partial charge on any atom is -0.364 e. The molecular formula is C20H28IN5. The number of rotatable bonds is 5. The molecule has 1 aliphatic rings. The fraction of sp³-hybridized carbons (Fsp3) is 0.350. The number of benzene rings is 1. The Morgan fingerprint density at radius 2 is 1.85 bits per heavy atom. The van der Waals surface area contributed by atoms with Crippen LogP contribution in [0.1, 0.15) is 11.3 Å². The maximum Gasteiger partial charge on any atom is 0.194 e. The lowest BCUT2D eigenvalue weighted by molar-refractivity contribution is 0.461. The molecule has 0 amide bonds. The molecule has 1 aromatic heterocycles. The van der Waals surface area contributed by atoms with Crippen LogP contribution in [-0.4, -0.2) is 42.6 Å². The summed E-state index contributed by atoms with van der Waals surface area (Å²) in [5, 5.41) is 3.45. The van der Waals surface area contributed by atoms with Crippen LogP contribution < -0.4 is 10.2 Å². The highest BCUT2D eigenvalue weighted by Crippen LogP contribution is 2.17. The highest BCUT2D eigenvalue weighted by atomic mass is 127. The lowest BCUT2D eigenvalue weighted by atomic mass is 10.2. The molecule has 6 heteroatoms. The van der Waals surface area contributed by atoms with Crippen LogP contribution in [0.25, 0.3) is 0 Å². The van der Waals surface area contributed by atoms with Crippen LogP contribution >= 0.6 is 24.0 Å². The number of nitrogens with one attached hydrogen (secondary N) is 1. The number of guanidine groups is 1. The predicted octanol–water partition coefficient (Wildman–Crippen LogP) is 3.23. The van der Waals surface area contributed by atoms with Crippen LogP contribution in [0.5, 0.6) is 0 Å². The van der Waals surface area contributed by atoms with Gasteiger partial charge in [0.15, 0.2) is 5.96 Å². The summed E-state index contributed by atoms with van der Waals surface area (Å²) in [6.07, 6.45) is 6.49. The summed E-state index contributed by atoms with van der Waals surface area (Å²) in [6.45, 7) is 3.61. The second kappa shape index (κ2) is 9.66. The molecule has 0 unspecified atom stereocenters. The Morgan fingerprint density at radius 3 is 2.42 bits per heavy atom. The first-order chi connectivity index (χ1) is 12.2. The summed E-state index contributed by atoms with van der Waals surface area (Å²) in [4.78, 5) is 8.89. The first-order valence-corrected chi connectivity index (χ1v) is 8.68. The largest absolute Gasteiger partial charge is 0.364 e. The van der Waals surface area contributed by atoms with Gasteiger partial charge in [0.1, 0.15) is 0 Å². The van der Waals surface area contributed by atoms with Crippen molar-refractivity contribution >= 4 is 35.6 Å². The summed E-state index contributed by atoms with van der Waals surface area (Å²) >= 11 is 0. The van der Waals surface area contributed by atoms with E-state index in [1.54, 1.807) is 0 Å². The quantitative estimate of drug-likeness (QED) is 0.319. The monoisotopic (exact) mass is 465 g/mol. The van der Waals surface area contributed by atoms with Gasteiger partial charge in [-0.2, -0.15) is 0 Å². The van der Waals surface area contributed by atoms with Crippen molar-refractivity contribution in [3.05, 3.63) is 66.0 Å². The zero-order valence-corrected chi connectivity index (χ0v) is 18.1. The van der Waals surface area contributed by atoms with Crippen LogP contribution in [0.15, 0.2) is 59.7 Å². The van der Waals surface area contributed by atoms with Gasteiger partial charge in [0.05, 0.1) is 6.54 Å². The maximum absolute atomic E-state index is 4.40. The summed E-state index contributed by atoms with van der Waals surface area (Å²) in [5.74, 6) is 0.897. The van der Waals surface area contributed by atoms with Gasteiger partial charge in [0, 0.05) is 58.4 Å². The lowest BCUT2D eigenvalue weighted by Crippen LogP contribution is -2.38. The Morgan fingerprint density at radius 1 is 1.15 bits per heavy atom. The molecule has 26 heavy (non-hydrogen) atoms. The normalized spacial score (nSPS) is 13.7. The Kier molecular flexibility index (Phi) is 7.56. The SMILES string of the molecule is CN=C(NCc1ccc(N2CC=CC2)cc1)N(C)Cc1cccn1C.I. The number of hydrogen-bond donors (Lipinski definition) is 1. The number of halogens is 1. The van der Waals surface area contributed by atoms with E-state index in [-0.39, 0.29) is 24.0 Å². The van der Waals surface area contributed by atoms with Crippen molar-refractivity contribution in [1.29, 1.82) is 0 Å². The third-order valence-corrected chi connectivity index (χ3v) is 4.59. The number of aliphatic imine (C=N–C) groups is 1. The van der Waals surface area contributed by atoms with Gasteiger partial charge in [-0.05, 0) is 29.8 Å². The summed E-state index contributed by atoms with van der Waals surface area (Å²) in [7, 11) is 5.95. The molecule has 1 aliphatic heterocycles. The van der Waals surface area contributed by atoms with Crippen molar-refractivity contribution in [2.75, 3.05) is 32.1 Å². The van der Waals surface area contributed by atoms with Crippen molar-refractivity contribution in [1.82, 2.24) is 14.8 Å². The van der Waals surface area contributed by atoms with E-state index in [9.17, 15) is 0 Å². The smallest absolute Gasteiger partial charge is 0.194 e. The van der Waals surface area contributed by atoms with Crippen molar-refractivity contribution in [2.24, 2.45) is 12.0 Å². The Hall–Kier alpha value is -1.96. The van der Waals surface area contributed by atoms with Crippen LogP contribution in [0, 0.1) is 0 Å². The van der Waals surface area contributed by atoms with Gasteiger partial charge >= 0.3 is 0 Å². The summed E-state index contributed by atoms with van der Waals surface area (Å²) in [6, 6.07) is 13.0. The number of nitrogens with zero attached hydrogens (tertiary/aromatic N) is 4. The minimum absolute atomic E-state index is 0. The standard InChI is InChI=1S/C20H27N5.HI/c1-21-20(24(3)16-19-7-6-12-23(19)2)22-15-17-8-10-18(11-9-17)25-13-4-5-14-25;/h4-12H,13-16H2,1-3H3,(H,21,22);1H. The molecule has 0 saturated carbocycles. The molecule has 0 atom stereocenters. The first kappa shape index (κ1) is 20.4. The van der Waals surface area contributed by atoms with Gasteiger partial charge in [-0.3, -0.25) is 4.99 Å². The molecule has 1 aromatic carbocycles. The van der Waals surface area contributed by atoms with Gasteiger partial charge in [-0.1, -0.05) is 24.3 Å². The van der Waals surface area contributed by atoms with Gasteiger partial charge in [0.2, 0.25) is 0 Å². The average molecular weight is 465 g/mol. The predicted molar refractivity (Wildman–Crippen MR) is 120 cm³/mol. The van der Waals surface area contributed by atoms with Crippen molar-refractivity contribution in [3.63, 3.8) is 0 Å². The second-order valence-corrected chi connectivity index (χ2v) is 6.41. The molecule has 0 spiro atoms. The van der Waals surface area contributed by atoms with Crippen molar-refractivity contribution in [3.8, 4) is 0 Å². The van der Waals surface area contributed by atoms with E-state index >= 15 is 0 Å². The van der Waals surface area contributed by atoms with Crippen molar-refractivity contribution in [2.45, 2.75) is 13.1 Å². The molecule has 2 aromatic rings. The zero-order valence-electron chi connectivity index (χ0n) is 15.7. The van der Waals surface area contributed by atoms with E-state index in [0.29, 0.717) is 0 Å². The van der Waals surface area contributed by atoms with E-state index in [1.165, 1.54) is 16.9 Å². The highest BCUT2D eigenvalue weighted by Gasteiger charge is 2.09. The van der Waals surface area contributed by atoms with Gasteiger partial charge < -0.3 is 19.7 Å². The van der Waals surface area contributed by atoms with Gasteiger partial charge in [0.25, 0.3) is 0 Å². The first-order valence-electron chi connectivity index (χ1n) is 8.68. The summed E-state index contributed by atoms with van der Waals surface area (Å²) < 4.78 is 2.13. The third-order valence-electron chi connectivity index (χ3n) is 4.59. The Bertz CT molecular complexity index is 740. The second-order valence-electron chi connectivity index (χ2n) is 6.41. The van der Waals surface area contributed by atoms with E-state index in [0.717, 1.165) is 32.1 Å². The van der Waals surface area contributed by atoms with E-state index < -0.39 is 0 Å². The molecule has 3 rings (SSSR count). The average Bonchev–Trinajstić information content (AvgIpc) is 3.29. The van der Waals surface area contributed by atoms with E-state index in [4.69, 9.17) is 0 Å². The van der Waals surface area contributed by atoms with Gasteiger partial charge in [-0.25, -0.2) is 0 Å². The number of aryl methyl sites for hydroxylation is 1. The molecule has 0 aliphatic carbocycles. The molecule has 2 heterocycles. The van der Waals surface area contributed by atoms with Crippen LogP contribution in [-0.2, 0) is 20.1 Å². The lowest BCUT2D eigenvalue weighted by Gasteiger charge is -2.23. The highest BCUT2D eigenvalue weighted by molar-refractivity contribution is 14.0. The third kappa shape index (κ3) is 5.03. The molecule has 5 nitrogen and oxygen atoms in total. The Labute approximate surface area is 173 Å².